The van der Waals surface area contributed by atoms with Gasteiger partial charge in [-0.1, -0.05) is 53.5 Å². The Kier molecular flexibility index (Phi) is 3.59. The van der Waals surface area contributed by atoms with Gasteiger partial charge in [0.25, 0.3) is 5.91 Å². The van der Waals surface area contributed by atoms with Crippen molar-refractivity contribution in [2.75, 3.05) is 12.4 Å². The summed E-state index contributed by atoms with van der Waals surface area (Å²) in [5, 5.41) is 2.93. The molecule has 0 saturated heterocycles. The monoisotopic (exact) mass is 335 g/mol. The van der Waals surface area contributed by atoms with Crippen LogP contribution in [0.2, 0.25) is 5.02 Å². The minimum atomic E-state index is -1.80. The normalized spacial score (nSPS) is 20.3. The van der Waals surface area contributed by atoms with E-state index >= 15 is 0 Å². The van der Waals surface area contributed by atoms with Gasteiger partial charge in [-0.2, -0.15) is 0 Å². The van der Waals surface area contributed by atoms with Gasteiger partial charge in [0.1, 0.15) is 5.75 Å². The largest absolute Gasteiger partial charge is 0.495 e. The van der Waals surface area contributed by atoms with Crippen LogP contribution >= 0.6 is 23.2 Å². The molecule has 0 bridgehead atoms. The topological polar surface area (TPSA) is 55.4 Å². The lowest BCUT2D eigenvalue weighted by Crippen LogP contribution is -2.46. The highest BCUT2D eigenvalue weighted by Gasteiger charge is 2.50. The highest BCUT2D eigenvalue weighted by molar-refractivity contribution is 6.52. The average Bonchev–Trinajstić information content (AvgIpc) is 2.54. The Balaban J connectivity index is 2.18. The molecule has 112 valence electrons. The summed E-state index contributed by atoms with van der Waals surface area (Å²) in [6.07, 6.45) is 0. The Labute approximate surface area is 137 Å². The number of methoxy groups -OCH3 is 1. The molecule has 1 aliphatic rings. The Morgan fingerprint density at radius 1 is 1.14 bits per heavy atom. The van der Waals surface area contributed by atoms with Crippen LogP contribution in [0.4, 0.5) is 5.69 Å². The number of benzene rings is 2. The second kappa shape index (κ2) is 5.30. The van der Waals surface area contributed by atoms with E-state index in [9.17, 15) is 9.59 Å². The number of hydrogen-bond acceptors (Lipinski definition) is 3. The lowest BCUT2D eigenvalue weighted by Gasteiger charge is -2.31. The van der Waals surface area contributed by atoms with Gasteiger partial charge in [0.2, 0.25) is 4.87 Å². The molecule has 3 rings (SSSR count). The molecule has 1 N–H and O–H groups in total. The zero-order chi connectivity index (χ0) is 15.9. The fourth-order valence-electron chi connectivity index (χ4n) is 2.43. The van der Waals surface area contributed by atoms with Gasteiger partial charge in [0, 0.05) is 11.6 Å². The first-order valence-corrected chi connectivity index (χ1v) is 7.22. The minimum Gasteiger partial charge on any atom is -0.495 e. The van der Waals surface area contributed by atoms with Gasteiger partial charge in [0.05, 0.1) is 17.8 Å². The van der Waals surface area contributed by atoms with E-state index in [0.717, 1.165) is 0 Å². The van der Waals surface area contributed by atoms with Gasteiger partial charge in [-0.15, -0.1) is 0 Å². The Bertz CT molecular complexity index is 776. The van der Waals surface area contributed by atoms with Crippen molar-refractivity contribution in [2.24, 2.45) is 0 Å². The van der Waals surface area contributed by atoms with Crippen LogP contribution in [0.15, 0.2) is 42.5 Å². The van der Waals surface area contributed by atoms with E-state index in [1.54, 1.807) is 30.3 Å². The molecule has 4 nitrogen and oxygen atoms in total. The van der Waals surface area contributed by atoms with Crippen LogP contribution in [-0.2, 0) is 9.67 Å². The lowest BCUT2D eigenvalue weighted by atomic mass is 9.85. The van der Waals surface area contributed by atoms with Gasteiger partial charge in [-0.05, 0) is 11.6 Å². The number of anilines is 1. The third-order valence-corrected chi connectivity index (χ3v) is 4.44. The minimum absolute atomic E-state index is 0.254. The second-order valence-corrected chi connectivity index (χ2v) is 5.81. The molecule has 6 heteroatoms. The van der Waals surface area contributed by atoms with Crippen LogP contribution in [0, 0.1) is 0 Å². The third-order valence-electron chi connectivity index (χ3n) is 3.58. The van der Waals surface area contributed by atoms with E-state index < -0.39 is 16.6 Å². The number of nitrogens with one attached hydrogen (secondary N) is 1. The van der Waals surface area contributed by atoms with Crippen LogP contribution < -0.4 is 10.1 Å². The number of ether oxygens (including phenoxy) is 1. The molecular formula is C16H11Cl2NO3. The molecule has 0 aliphatic carbocycles. The summed E-state index contributed by atoms with van der Waals surface area (Å²) in [6, 6.07) is 11.5. The molecule has 1 unspecified atom stereocenters. The molecule has 2 aromatic rings. The van der Waals surface area contributed by atoms with E-state index in [4.69, 9.17) is 27.9 Å². The molecule has 1 heterocycles. The molecule has 1 amide bonds. The molecule has 0 radical (unpaired) electrons. The lowest BCUT2D eigenvalue weighted by molar-refractivity contribution is -0.117. The highest BCUT2D eigenvalue weighted by atomic mass is 35.5. The summed E-state index contributed by atoms with van der Waals surface area (Å²) in [6.45, 7) is 0. The van der Waals surface area contributed by atoms with E-state index in [1.807, 2.05) is 0 Å². The van der Waals surface area contributed by atoms with E-state index in [0.29, 0.717) is 17.0 Å². The third kappa shape index (κ3) is 2.07. The van der Waals surface area contributed by atoms with Crippen LogP contribution in [0.5, 0.6) is 5.75 Å². The Morgan fingerprint density at radius 2 is 1.82 bits per heavy atom. The fraction of sp³-hybridized carbons (Fsp3) is 0.125. The van der Waals surface area contributed by atoms with Gasteiger partial charge in [-0.3, -0.25) is 9.59 Å². The zero-order valence-corrected chi connectivity index (χ0v) is 13.0. The van der Waals surface area contributed by atoms with Crippen LogP contribution in [0.25, 0.3) is 0 Å². The van der Waals surface area contributed by atoms with Gasteiger partial charge < -0.3 is 10.1 Å². The number of rotatable bonds is 2. The number of hydrogen-bond donors (Lipinski definition) is 1. The first-order chi connectivity index (χ1) is 10.5. The van der Waals surface area contributed by atoms with E-state index in [1.165, 1.54) is 19.2 Å². The number of amides is 1. The smallest absolute Gasteiger partial charge is 0.258 e. The molecule has 0 aromatic heterocycles. The summed E-state index contributed by atoms with van der Waals surface area (Å²) in [5.74, 6) is -0.735. The van der Waals surface area contributed by atoms with Crippen molar-refractivity contribution in [3.05, 3.63) is 58.6 Å². The highest BCUT2D eigenvalue weighted by Crippen LogP contribution is 2.42. The van der Waals surface area contributed by atoms with Crippen molar-refractivity contribution >= 4 is 40.6 Å². The molecule has 1 atom stereocenters. The zero-order valence-electron chi connectivity index (χ0n) is 11.5. The van der Waals surface area contributed by atoms with Crippen molar-refractivity contribution in [2.45, 2.75) is 4.87 Å². The quantitative estimate of drug-likeness (QED) is 0.673. The first-order valence-electron chi connectivity index (χ1n) is 6.46. The predicted molar refractivity (Wildman–Crippen MR) is 84.9 cm³/mol. The number of Topliss-reactive ketones (excluding diaryl/α,β-unsaturated/α-hetero) is 1. The van der Waals surface area contributed by atoms with Gasteiger partial charge in [0.15, 0.2) is 5.78 Å². The summed E-state index contributed by atoms with van der Waals surface area (Å²) in [5.41, 5.74) is 1.00. The van der Waals surface area contributed by atoms with Crippen molar-refractivity contribution in [1.82, 2.24) is 0 Å². The van der Waals surface area contributed by atoms with Crippen molar-refractivity contribution < 1.29 is 14.3 Å². The standard InChI is InChI=1S/C16H11Cl2NO3/c1-22-13-8-12-10(7-11(13)17)14(20)16(18,15(21)19-12)9-5-3-2-4-6-9/h2-8H,1H3,(H,19,21). The summed E-state index contributed by atoms with van der Waals surface area (Å²) in [4.78, 5) is 23.4. The average molecular weight is 336 g/mol. The van der Waals surface area contributed by atoms with Crippen LogP contribution in [0.3, 0.4) is 0 Å². The van der Waals surface area contributed by atoms with Gasteiger partial charge in [-0.25, -0.2) is 0 Å². The van der Waals surface area contributed by atoms with E-state index in [2.05, 4.69) is 5.32 Å². The molecule has 22 heavy (non-hydrogen) atoms. The molecular weight excluding hydrogens is 325 g/mol. The SMILES string of the molecule is COc1cc2c(cc1Cl)C(=O)C(Cl)(c1ccccc1)C(=O)N2. The maximum atomic E-state index is 12.8. The van der Waals surface area contributed by atoms with Crippen molar-refractivity contribution in [3.63, 3.8) is 0 Å². The fourth-order valence-corrected chi connectivity index (χ4v) is 2.94. The number of fused-ring (bicyclic) bond motifs is 1. The summed E-state index contributed by atoms with van der Waals surface area (Å²) in [7, 11) is 1.45. The molecule has 0 spiro atoms. The van der Waals surface area contributed by atoms with Crippen molar-refractivity contribution in [1.29, 1.82) is 0 Å². The Hall–Kier alpha value is -2.04. The van der Waals surface area contributed by atoms with Crippen LogP contribution in [0.1, 0.15) is 15.9 Å². The maximum Gasteiger partial charge on any atom is 0.258 e. The first kappa shape index (κ1) is 14.9. The number of halogens is 2. The second-order valence-electron chi connectivity index (χ2n) is 4.84. The molecule has 2 aromatic carbocycles. The molecule has 0 fully saturated rings. The number of carbonyl (C=O) groups excluding carboxylic acids is 2. The number of carbonyl (C=O) groups is 2. The summed E-state index contributed by atoms with van der Waals surface area (Å²) < 4.78 is 5.09. The number of ketones is 1. The van der Waals surface area contributed by atoms with Crippen LogP contribution in [-0.4, -0.2) is 18.8 Å². The Morgan fingerprint density at radius 3 is 2.45 bits per heavy atom. The number of alkyl halides is 1. The molecule has 1 aliphatic heterocycles. The van der Waals surface area contributed by atoms with Gasteiger partial charge >= 0.3 is 0 Å². The van der Waals surface area contributed by atoms with Crippen molar-refractivity contribution in [3.8, 4) is 5.75 Å². The van der Waals surface area contributed by atoms with E-state index in [-0.39, 0.29) is 10.6 Å². The predicted octanol–water partition coefficient (Wildman–Crippen LogP) is 3.62. The maximum absolute atomic E-state index is 12.8. The molecule has 0 saturated carbocycles. The summed E-state index contributed by atoms with van der Waals surface area (Å²) >= 11 is 12.5.